The largest absolute Gasteiger partial charge is 0.390 e. The first-order valence-corrected chi connectivity index (χ1v) is 11.0. The Balaban J connectivity index is 1.57. The van der Waals surface area contributed by atoms with Crippen molar-refractivity contribution in [3.63, 3.8) is 0 Å². The first-order chi connectivity index (χ1) is 12.5. The Morgan fingerprint density at radius 2 is 1.56 bits per heavy atom. The molecule has 4 fully saturated rings. The maximum Gasteiger partial charge on any atom is 0.174 e. The fraction of sp³-hybridized carbons (Fsp3) is 0.913. The van der Waals surface area contributed by atoms with Gasteiger partial charge in [-0.3, -0.25) is 0 Å². The smallest absolute Gasteiger partial charge is 0.174 e. The molecule has 0 bridgehead atoms. The van der Waals surface area contributed by atoms with Crippen LogP contribution in [0, 0.1) is 28.6 Å². The molecule has 7 atom stereocenters. The Labute approximate surface area is 163 Å². The molecular formula is C23H36O4. The minimum atomic E-state index is -0.830. The van der Waals surface area contributed by atoms with Crippen LogP contribution in [-0.2, 0) is 9.47 Å². The van der Waals surface area contributed by atoms with E-state index in [0.29, 0.717) is 31.5 Å². The van der Waals surface area contributed by atoms with Gasteiger partial charge in [0.15, 0.2) is 5.79 Å². The predicted octanol–water partition coefficient (Wildman–Crippen LogP) is 3.80. The standard InChI is InChI=1S/C23H36O4/c1-19(24)9-10-20(2)15(13-19)14-22(4,25)18-16(20)5-7-21(3)17(18)6-8-23(21)26-11-12-27-23/h14,16-18,24-25H,5-13H2,1-4H3/t16?,17?,18?,19-,20?,21?,22-/m0/s1. The number of hydrogen-bond acceptors (Lipinski definition) is 4. The first-order valence-electron chi connectivity index (χ1n) is 11.0. The zero-order valence-electron chi connectivity index (χ0n) is 17.4. The molecule has 1 saturated heterocycles. The molecule has 5 rings (SSSR count). The van der Waals surface area contributed by atoms with Crippen LogP contribution in [0.3, 0.4) is 0 Å². The van der Waals surface area contributed by atoms with Gasteiger partial charge in [0.05, 0.1) is 24.4 Å². The van der Waals surface area contributed by atoms with Crippen LogP contribution in [0.1, 0.15) is 72.6 Å². The van der Waals surface area contributed by atoms with Crippen LogP contribution in [-0.4, -0.2) is 40.4 Å². The second-order valence-electron chi connectivity index (χ2n) is 11.2. The molecule has 27 heavy (non-hydrogen) atoms. The summed E-state index contributed by atoms with van der Waals surface area (Å²) in [6.07, 6.45) is 8.94. The zero-order chi connectivity index (χ0) is 19.3. The number of hydrogen-bond donors (Lipinski definition) is 2. The van der Waals surface area contributed by atoms with Crippen molar-refractivity contribution in [3.8, 4) is 0 Å². The summed E-state index contributed by atoms with van der Waals surface area (Å²) in [6, 6.07) is 0. The van der Waals surface area contributed by atoms with Gasteiger partial charge < -0.3 is 19.7 Å². The van der Waals surface area contributed by atoms with E-state index in [4.69, 9.17) is 9.47 Å². The van der Waals surface area contributed by atoms with E-state index in [9.17, 15) is 10.2 Å². The topological polar surface area (TPSA) is 58.9 Å². The van der Waals surface area contributed by atoms with E-state index < -0.39 is 17.0 Å². The van der Waals surface area contributed by atoms with Crippen LogP contribution >= 0.6 is 0 Å². The molecule has 152 valence electrons. The Hall–Kier alpha value is -0.420. The Bertz CT molecular complexity index is 674. The van der Waals surface area contributed by atoms with Crippen molar-refractivity contribution < 1.29 is 19.7 Å². The molecule has 4 nitrogen and oxygen atoms in total. The van der Waals surface area contributed by atoms with Gasteiger partial charge >= 0.3 is 0 Å². The van der Waals surface area contributed by atoms with Crippen molar-refractivity contribution in [2.24, 2.45) is 28.6 Å². The third kappa shape index (κ3) is 2.30. The normalized spacial score (nSPS) is 56.4. The summed E-state index contributed by atoms with van der Waals surface area (Å²) in [5, 5.41) is 22.3. The van der Waals surface area contributed by atoms with Gasteiger partial charge in [-0.25, -0.2) is 0 Å². The van der Waals surface area contributed by atoms with Crippen LogP contribution in [0.5, 0.6) is 0 Å². The van der Waals surface area contributed by atoms with Crippen LogP contribution in [0.2, 0.25) is 0 Å². The van der Waals surface area contributed by atoms with Crippen molar-refractivity contribution in [1.29, 1.82) is 0 Å². The average Bonchev–Trinajstić information content (AvgIpc) is 3.16. The maximum absolute atomic E-state index is 11.6. The molecule has 1 spiro atoms. The zero-order valence-corrected chi connectivity index (χ0v) is 17.4. The van der Waals surface area contributed by atoms with Crippen molar-refractivity contribution in [3.05, 3.63) is 11.6 Å². The van der Waals surface area contributed by atoms with Gasteiger partial charge in [0.2, 0.25) is 0 Å². The average molecular weight is 377 g/mol. The molecule has 3 saturated carbocycles. The Morgan fingerprint density at radius 3 is 2.26 bits per heavy atom. The first kappa shape index (κ1) is 18.6. The van der Waals surface area contributed by atoms with E-state index in [1.54, 1.807) is 0 Å². The monoisotopic (exact) mass is 376 g/mol. The fourth-order valence-electron chi connectivity index (χ4n) is 8.04. The Morgan fingerprint density at radius 1 is 0.889 bits per heavy atom. The lowest BCUT2D eigenvalue weighted by Crippen LogP contribution is -2.61. The third-order valence-electron chi connectivity index (χ3n) is 9.52. The number of ether oxygens (including phenoxy) is 2. The van der Waals surface area contributed by atoms with Gasteiger partial charge in [-0.15, -0.1) is 0 Å². The molecule has 4 heteroatoms. The number of aliphatic hydroxyl groups is 2. The fourth-order valence-corrected chi connectivity index (χ4v) is 8.04. The summed E-state index contributed by atoms with van der Waals surface area (Å²) in [7, 11) is 0. The number of fused-ring (bicyclic) bond motifs is 6. The van der Waals surface area contributed by atoms with Crippen LogP contribution in [0.25, 0.3) is 0 Å². The molecule has 4 aliphatic carbocycles. The summed E-state index contributed by atoms with van der Waals surface area (Å²) in [4.78, 5) is 0. The van der Waals surface area contributed by atoms with Crippen LogP contribution in [0.4, 0.5) is 0 Å². The maximum atomic E-state index is 11.6. The van der Waals surface area contributed by atoms with E-state index >= 15 is 0 Å². The quantitative estimate of drug-likeness (QED) is 0.631. The van der Waals surface area contributed by atoms with E-state index in [0.717, 1.165) is 38.5 Å². The summed E-state index contributed by atoms with van der Waals surface area (Å²) < 4.78 is 12.5. The second-order valence-corrected chi connectivity index (χ2v) is 11.2. The highest BCUT2D eigenvalue weighted by molar-refractivity contribution is 5.32. The summed E-state index contributed by atoms with van der Waals surface area (Å²) in [6.45, 7) is 10.1. The molecule has 1 heterocycles. The minimum Gasteiger partial charge on any atom is -0.390 e. The molecular weight excluding hydrogens is 340 g/mol. The molecule has 1 aliphatic heterocycles. The lowest BCUT2D eigenvalue weighted by atomic mass is 9.44. The lowest BCUT2D eigenvalue weighted by Gasteiger charge is -2.62. The van der Waals surface area contributed by atoms with E-state index in [2.05, 4.69) is 19.9 Å². The lowest BCUT2D eigenvalue weighted by molar-refractivity contribution is -0.251. The third-order valence-corrected chi connectivity index (χ3v) is 9.52. The van der Waals surface area contributed by atoms with E-state index in [-0.39, 0.29) is 16.7 Å². The molecule has 5 aliphatic rings. The number of rotatable bonds is 0. The highest BCUT2D eigenvalue weighted by Gasteiger charge is 2.69. The van der Waals surface area contributed by atoms with Gasteiger partial charge in [-0.1, -0.05) is 25.5 Å². The molecule has 0 radical (unpaired) electrons. The molecule has 0 amide bonds. The van der Waals surface area contributed by atoms with Gasteiger partial charge in [0.25, 0.3) is 0 Å². The minimum absolute atomic E-state index is 0.0173. The highest BCUT2D eigenvalue weighted by atomic mass is 16.7. The summed E-state index contributed by atoms with van der Waals surface area (Å²) in [5.74, 6) is 0.694. The van der Waals surface area contributed by atoms with Gasteiger partial charge in [-0.2, -0.15) is 0 Å². The van der Waals surface area contributed by atoms with Crippen molar-refractivity contribution in [2.75, 3.05) is 13.2 Å². The highest BCUT2D eigenvalue weighted by Crippen LogP contribution is 2.70. The predicted molar refractivity (Wildman–Crippen MR) is 103 cm³/mol. The van der Waals surface area contributed by atoms with E-state index in [1.165, 1.54) is 5.57 Å². The van der Waals surface area contributed by atoms with Crippen LogP contribution in [0.15, 0.2) is 11.6 Å². The van der Waals surface area contributed by atoms with Gasteiger partial charge in [0, 0.05) is 11.8 Å². The summed E-state index contributed by atoms with van der Waals surface area (Å²) in [5.41, 5.74) is -0.0982. The summed E-state index contributed by atoms with van der Waals surface area (Å²) >= 11 is 0. The Kier molecular flexibility index (Phi) is 3.71. The van der Waals surface area contributed by atoms with Crippen molar-refractivity contribution in [1.82, 2.24) is 0 Å². The molecule has 0 aromatic heterocycles. The van der Waals surface area contributed by atoms with Gasteiger partial charge in [-0.05, 0) is 75.5 Å². The molecule has 2 N–H and O–H groups in total. The SMILES string of the molecule is CC12CC[C@](C)(O)CC1=C[C@](C)(O)C1C2CCC2(C)C1CCC21OCCO1. The molecule has 5 unspecified atom stereocenters. The van der Waals surface area contributed by atoms with E-state index in [1.807, 2.05) is 13.8 Å². The van der Waals surface area contributed by atoms with Crippen molar-refractivity contribution in [2.45, 2.75) is 89.6 Å². The van der Waals surface area contributed by atoms with Crippen LogP contribution < -0.4 is 0 Å². The second kappa shape index (κ2) is 5.38. The van der Waals surface area contributed by atoms with Gasteiger partial charge in [0.1, 0.15) is 0 Å². The van der Waals surface area contributed by atoms with Crippen molar-refractivity contribution >= 4 is 0 Å². The molecule has 0 aromatic carbocycles. The molecule has 0 aromatic rings.